The van der Waals surface area contributed by atoms with Crippen LogP contribution in [0.25, 0.3) is 0 Å². The highest BCUT2D eigenvalue weighted by Crippen LogP contribution is 2.33. The van der Waals surface area contributed by atoms with Crippen LogP contribution in [-0.4, -0.2) is 28.9 Å². The molecule has 0 unspecified atom stereocenters. The Kier molecular flexibility index (Phi) is 6.37. The Morgan fingerprint density at radius 1 is 1.21 bits per heavy atom. The van der Waals surface area contributed by atoms with Gasteiger partial charge in [-0.15, -0.1) is 11.3 Å². The van der Waals surface area contributed by atoms with Crippen LogP contribution in [0.2, 0.25) is 0 Å². The number of amides is 1. The lowest BCUT2D eigenvalue weighted by atomic mass is 9.90. The predicted octanol–water partition coefficient (Wildman–Crippen LogP) is 4.54. The number of rotatable bonds is 6. The molecule has 150 valence electrons. The first kappa shape index (κ1) is 19.5. The van der Waals surface area contributed by atoms with Crippen LogP contribution in [0.3, 0.4) is 0 Å². The zero-order valence-electron chi connectivity index (χ0n) is 16.1. The van der Waals surface area contributed by atoms with E-state index in [0.29, 0.717) is 5.92 Å². The van der Waals surface area contributed by atoms with E-state index < -0.39 is 0 Å². The van der Waals surface area contributed by atoms with Crippen LogP contribution < -0.4 is 5.32 Å². The van der Waals surface area contributed by atoms with Gasteiger partial charge in [-0.1, -0.05) is 25.0 Å². The molecule has 2 aliphatic rings. The molecule has 0 spiro atoms. The zero-order valence-corrected chi connectivity index (χ0v) is 17.0. The smallest absolute Gasteiger partial charge is 0.223 e. The van der Waals surface area contributed by atoms with E-state index >= 15 is 0 Å². The molecule has 2 heterocycles. The van der Waals surface area contributed by atoms with Crippen LogP contribution in [0.4, 0.5) is 4.39 Å². The minimum atomic E-state index is -0.196. The van der Waals surface area contributed by atoms with E-state index in [2.05, 4.69) is 15.2 Å². The molecule has 0 bridgehead atoms. The number of benzene rings is 1. The van der Waals surface area contributed by atoms with Crippen molar-refractivity contribution >= 4 is 17.2 Å². The molecule has 1 amide bonds. The van der Waals surface area contributed by atoms with E-state index in [1.807, 2.05) is 23.7 Å². The van der Waals surface area contributed by atoms with Gasteiger partial charge in [0.15, 0.2) is 0 Å². The summed E-state index contributed by atoms with van der Waals surface area (Å²) in [5, 5.41) is 6.36. The maximum Gasteiger partial charge on any atom is 0.223 e. The summed E-state index contributed by atoms with van der Waals surface area (Å²) in [4.78, 5) is 19.8. The van der Waals surface area contributed by atoms with E-state index in [9.17, 15) is 9.18 Å². The zero-order chi connectivity index (χ0) is 19.3. The Balaban J connectivity index is 1.44. The molecule has 1 aliphatic carbocycles. The maximum atomic E-state index is 13.2. The topological polar surface area (TPSA) is 45.2 Å². The second-order valence-corrected chi connectivity index (χ2v) is 9.03. The molecule has 1 N–H and O–H groups in total. The van der Waals surface area contributed by atoms with Gasteiger partial charge in [0.05, 0.1) is 6.04 Å². The number of aromatic nitrogens is 1. The third-order valence-electron chi connectivity index (χ3n) is 6.07. The van der Waals surface area contributed by atoms with E-state index in [1.165, 1.54) is 12.1 Å². The molecular formula is C22H28FN3OS. The molecule has 2 aromatic rings. The molecule has 0 radical (unpaired) electrons. The lowest BCUT2D eigenvalue weighted by Crippen LogP contribution is -2.43. The van der Waals surface area contributed by atoms with Crippen molar-refractivity contribution in [3.8, 4) is 0 Å². The molecule has 6 heteroatoms. The average Bonchev–Trinajstić information content (AvgIpc) is 3.42. The SMILES string of the molecule is O=C(N[C@@H](c1nccs1)[C@H]1CCCN(Cc2ccc(F)cc2)C1)C1CCCC1. The Morgan fingerprint density at radius 3 is 2.71 bits per heavy atom. The highest BCUT2D eigenvalue weighted by Gasteiger charge is 2.33. The summed E-state index contributed by atoms with van der Waals surface area (Å²) in [6.45, 7) is 2.78. The first-order valence-corrected chi connectivity index (χ1v) is 11.2. The van der Waals surface area contributed by atoms with Gasteiger partial charge in [-0.3, -0.25) is 9.69 Å². The molecule has 4 rings (SSSR count). The fraction of sp³-hybridized carbons (Fsp3) is 0.545. The fourth-order valence-corrected chi connectivity index (χ4v) is 5.36. The van der Waals surface area contributed by atoms with Crippen LogP contribution in [0.15, 0.2) is 35.8 Å². The first-order chi connectivity index (χ1) is 13.7. The average molecular weight is 402 g/mol. The molecular weight excluding hydrogens is 373 g/mol. The van der Waals surface area contributed by atoms with Crippen molar-refractivity contribution in [1.29, 1.82) is 0 Å². The number of carbonyl (C=O) groups is 1. The van der Waals surface area contributed by atoms with Crippen LogP contribution in [0, 0.1) is 17.7 Å². The molecule has 1 aromatic heterocycles. The van der Waals surface area contributed by atoms with Crippen LogP contribution >= 0.6 is 11.3 Å². The molecule has 2 fully saturated rings. The summed E-state index contributed by atoms with van der Waals surface area (Å²) >= 11 is 1.63. The highest BCUT2D eigenvalue weighted by atomic mass is 32.1. The standard InChI is InChI=1S/C22H28FN3OS/c23-19-9-7-16(8-10-19)14-26-12-3-6-18(15-26)20(22-24-11-13-28-22)25-21(27)17-4-1-2-5-17/h7-11,13,17-18,20H,1-6,12,14-15H2,(H,25,27)/t18-,20+/m0/s1. The molecule has 1 saturated carbocycles. The van der Waals surface area contributed by atoms with Crippen LogP contribution in [0.1, 0.15) is 55.1 Å². The van der Waals surface area contributed by atoms with Gasteiger partial charge in [-0.05, 0) is 55.8 Å². The first-order valence-electron chi connectivity index (χ1n) is 10.4. The molecule has 1 aromatic carbocycles. The van der Waals surface area contributed by atoms with Gasteiger partial charge < -0.3 is 5.32 Å². The van der Waals surface area contributed by atoms with E-state index in [-0.39, 0.29) is 23.7 Å². The van der Waals surface area contributed by atoms with Gasteiger partial charge in [-0.2, -0.15) is 0 Å². The Labute approximate surface area is 170 Å². The number of likely N-dealkylation sites (tertiary alicyclic amines) is 1. The number of nitrogens with one attached hydrogen (secondary N) is 1. The van der Waals surface area contributed by atoms with Gasteiger partial charge in [0, 0.05) is 30.6 Å². The Bertz CT molecular complexity index is 759. The Hall–Kier alpha value is -1.79. The molecule has 28 heavy (non-hydrogen) atoms. The van der Waals surface area contributed by atoms with Crippen LogP contribution in [-0.2, 0) is 11.3 Å². The third kappa shape index (κ3) is 4.78. The van der Waals surface area contributed by atoms with Gasteiger partial charge in [0.25, 0.3) is 0 Å². The van der Waals surface area contributed by atoms with Crippen molar-refractivity contribution in [3.05, 3.63) is 52.2 Å². The summed E-state index contributed by atoms with van der Waals surface area (Å²) in [6.07, 6.45) is 8.37. The van der Waals surface area contributed by atoms with E-state index in [1.54, 1.807) is 11.3 Å². The fourth-order valence-electron chi connectivity index (χ4n) is 4.58. The van der Waals surface area contributed by atoms with E-state index in [4.69, 9.17) is 0 Å². The second kappa shape index (κ2) is 9.14. The monoisotopic (exact) mass is 401 g/mol. The normalized spacial score (nSPS) is 22.2. The summed E-state index contributed by atoms with van der Waals surface area (Å²) in [7, 11) is 0. The molecule has 4 nitrogen and oxygen atoms in total. The minimum absolute atomic E-state index is 0.0101. The van der Waals surface area contributed by atoms with Gasteiger partial charge in [-0.25, -0.2) is 9.37 Å². The molecule has 1 aliphatic heterocycles. The number of carbonyl (C=O) groups excluding carboxylic acids is 1. The second-order valence-electron chi connectivity index (χ2n) is 8.10. The largest absolute Gasteiger partial charge is 0.346 e. The number of hydrogen-bond donors (Lipinski definition) is 1. The lowest BCUT2D eigenvalue weighted by molar-refractivity contribution is -0.126. The van der Waals surface area contributed by atoms with Gasteiger partial charge >= 0.3 is 0 Å². The van der Waals surface area contributed by atoms with Gasteiger partial charge in [0.2, 0.25) is 5.91 Å². The summed E-state index contributed by atoms with van der Waals surface area (Å²) < 4.78 is 13.2. The highest BCUT2D eigenvalue weighted by molar-refractivity contribution is 7.09. The van der Waals surface area contributed by atoms with Crippen molar-refractivity contribution in [1.82, 2.24) is 15.2 Å². The molecule has 1 saturated heterocycles. The van der Waals surface area contributed by atoms with Crippen molar-refractivity contribution < 1.29 is 9.18 Å². The number of piperidine rings is 1. The van der Waals surface area contributed by atoms with Crippen molar-refractivity contribution in [3.63, 3.8) is 0 Å². The summed E-state index contributed by atoms with van der Waals surface area (Å²) in [6, 6.07) is 6.76. The van der Waals surface area contributed by atoms with E-state index in [0.717, 1.165) is 68.7 Å². The maximum absolute atomic E-state index is 13.2. The van der Waals surface area contributed by atoms with Crippen molar-refractivity contribution in [2.24, 2.45) is 11.8 Å². The Morgan fingerprint density at radius 2 is 2.00 bits per heavy atom. The summed E-state index contributed by atoms with van der Waals surface area (Å²) in [5.74, 6) is 0.527. The summed E-state index contributed by atoms with van der Waals surface area (Å²) in [5.41, 5.74) is 1.13. The van der Waals surface area contributed by atoms with Gasteiger partial charge in [0.1, 0.15) is 10.8 Å². The molecule has 2 atom stereocenters. The van der Waals surface area contributed by atoms with Crippen LogP contribution in [0.5, 0.6) is 0 Å². The minimum Gasteiger partial charge on any atom is -0.346 e. The number of halogens is 1. The van der Waals surface area contributed by atoms with Crippen molar-refractivity contribution in [2.45, 2.75) is 51.1 Å². The van der Waals surface area contributed by atoms with Crippen molar-refractivity contribution in [2.75, 3.05) is 13.1 Å². The predicted molar refractivity (Wildman–Crippen MR) is 109 cm³/mol. The number of thiazole rings is 1. The number of nitrogens with zero attached hydrogens (tertiary/aromatic N) is 2. The quantitative estimate of drug-likeness (QED) is 0.773. The third-order valence-corrected chi connectivity index (χ3v) is 6.93. The number of hydrogen-bond acceptors (Lipinski definition) is 4. The lowest BCUT2D eigenvalue weighted by Gasteiger charge is -2.37.